The van der Waals surface area contributed by atoms with Crippen molar-refractivity contribution >= 4 is 27.3 Å². The van der Waals surface area contributed by atoms with Gasteiger partial charge >= 0.3 is 0 Å². The van der Waals surface area contributed by atoms with Crippen molar-refractivity contribution in [3.63, 3.8) is 0 Å². The zero-order valence-corrected chi connectivity index (χ0v) is 17.9. The van der Waals surface area contributed by atoms with E-state index in [0.717, 1.165) is 49.5 Å². The van der Waals surface area contributed by atoms with Crippen molar-refractivity contribution in [2.75, 3.05) is 20.3 Å². The second-order valence-corrected chi connectivity index (χ2v) is 8.25. The highest BCUT2D eigenvalue weighted by molar-refractivity contribution is 7.17. The molecule has 1 aliphatic rings. The summed E-state index contributed by atoms with van der Waals surface area (Å²) < 4.78 is 12.1. The molecule has 0 bridgehead atoms. The third-order valence-electron chi connectivity index (χ3n) is 5.38. The van der Waals surface area contributed by atoms with E-state index in [9.17, 15) is 4.79 Å². The van der Waals surface area contributed by atoms with E-state index in [0.29, 0.717) is 26.2 Å². The standard InChI is InChI=1S/C24H21N3O3S/c1-29-9-10-30-20-5-3-2-4-18(20)23-24-19(8-11-31-24)22(26-27-23)16-7-6-15-13-21(28)25-14-17(15)12-16/h2-8,11-12H,9-10,13-14H2,1H3,(H,25,28). The number of para-hydroxylation sites is 1. The van der Waals surface area contributed by atoms with Gasteiger partial charge in [0.1, 0.15) is 23.7 Å². The van der Waals surface area contributed by atoms with Crippen LogP contribution in [0.4, 0.5) is 0 Å². The summed E-state index contributed by atoms with van der Waals surface area (Å²) in [6.07, 6.45) is 0.425. The Labute approximate surface area is 183 Å². The van der Waals surface area contributed by atoms with Gasteiger partial charge in [0, 0.05) is 30.2 Å². The van der Waals surface area contributed by atoms with Crippen LogP contribution in [0.1, 0.15) is 11.1 Å². The molecule has 0 saturated carbocycles. The number of nitrogens with zero attached hydrogens (tertiary/aromatic N) is 2. The van der Waals surface area contributed by atoms with Crippen molar-refractivity contribution in [3.8, 4) is 28.3 Å². The van der Waals surface area contributed by atoms with E-state index in [2.05, 4.69) is 33.0 Å². The summed E-state index contributed by atoms with van der Waals surface area (Å²) in [4.78, 5) is 11.7. The van der Waals surface area contributed by atoms with Gasteiger partial charge in [0.25, 0.3) is 0 Å². The summed E-state index contributed by atoms with van der Waals surface area (Å²) >= 11 is 1.64. The number of thiophene rings is 1. The Kier molecular flexibility index (Phi) is 5.36. The number of nitrogens with one attached hydrogen (secondary N) is 1. The highest BCUT2D eigenvalue weighted by Gasteiger charge is 2.19. The Morgan fingerprint density at radius 3 is 2.81 bits per heavy atom. The molecule has 0 radical (unpaired) electrons. The Hall–Kier alpha value is -3.29. The van der Waals surface area contributed by atoms with Crippen LogP contribution >= 0.6 is 11.3 Å². The summed E-state index contributed by atoms with van der Waals surface area (Å²) in [5.41, 5.74) is 5.77. The quantitative estimate of drug-likeness (QED) is 0.463. The normalized spacial score (nSPS) is 13.1. The van der Waals surface area contributed by atoms with Crippen LogP contribution in [0.15, 0.2) is 53.9 Å². The number of hydrogen-bond acceptors (Lipinski definition) is 6. The van der Waals surface area contributed by atoms with Gasteiger partial charge in [-0.15, -0.1) is 21.5 Å². The summed E-state index contributed by atoms with van der Waals surface area (Å²) in [5.74, 6) is 0.830. The maximum atomic E-state index is 11.7. The molecule has 156 valence electrons. The minimum atomic E-state index is 0.0657. The van der Waals surface area contributed by atoms with Crippen molar-refractivity contribution in [2.45, 2.75) is 13.0 Å². The van der Waals surface area contributed by atoms with Gasteiger partial charge in [-0.2, -0.15) is 0 Å². The first kappa shape index (κ1) is 19.7. The fraction of sp³-hybridized carbons (Fsp3) is 0.208. The molecule has 7 heteroatoms. The van der Waals surface area contributed by atoms with Gasteiger partial charge < -0.3 is 14.8 Å². The van der Waals surface area contributed by atoms with Gasteiger partial charge in [-0.3, -0.25) is 4.79 Å². The molecule has 1 aliphatic heterocycles. The molecular formula is C24H21N3O3S. The zero-order valence-electron chi connectivity index (χ0n) is 17.1. The van der Waals surface area contributed by atoms with Crippen molar-refractivity contribution in [1.82, 2.24) is 15.5 Å². The monoisotopic (exact) mass is 431 g/mol. The van der Waals surface area contributed by atoms with Gasteiger partial charge in [0.15, 0.2) is 0 Å². The number of aromatic nitrogens is 2. The van der Waals surface area contributed by atoms with E-state index in [1.807, 2.05) is 36.4 Å². The number of amides is 1. The summed E-state index contributed by atoms with van der Waals surface area (Å²) in [6, 6.07) is 16.1. The molecule has 0 aliphatic carbocycles. The van der Waals surface area contributed by atoms with Crippen LogP contribution in [0.2, 0.25) is 0 Å². The number of carbonyl (C=O) groups is 1. The lowest BCUT2D eigenvalue weighted by Crippen LogP contribution is -2.30. The van der Waals surface area contributed by atoms with Crippen molar-refractivity contribution in [1.29, 1.82) is 0 Å². The maximum Gasteiger partial charge on any atom is 0.224 e. The van der Waals surface area contributed by atoms with Crippen molar-refractivity contribution in [2.24, 2.45) is 0 Å². The minimum absolute atomic E-state index is 0.0657. The molecule has 4 aromatic rings. The van der Waals surface area contributed by atoms with Crippen LogP contribution in [0.3, 0.4) is 0 Å². The van der Waals surface area contributed by atoms with Gasteiger partial charge in [0.05, 0.1) is 17.7 Å². The largest absolute Gasteiger partial charge is 0.490 e. The number of hydrogen-bond donors (Lipinski definition) is 1. The third kappa shape index (κ3) is 3.78. The van der Waals surface area contributed by atoms with E-state index >= 15 is 0 Å². The number of rotatable bonds is 6. The molecule has 3 heterocycles. The molecule has 6 nitrogen and oxygen atoms in total. The van der Waals surface area contributed by atoms with Crippen LogP contribution in [0, 0.1) is 0 Å². The Morgan fingerprint density at radius 1 is 1.03 bits per heavy atom. The summed E-state index contributed by atoms with van der Waals surface area (Å²) in [7, 11) is 1.66. The second kappa shape index (κ2) is 8.45. The predicted octanol–water partition coefficient (Wildman–Crippen LogP) is 4.22. The first-order valence-corrected chi connectivity index (χ1v) is 11.0. The van der Waals surface area contributed by atoms with Crippen LogP contribution in [0.5, 0.6) is 5.75 Å². The Bertz CT molecular complexity index is 1270. The number of ether oxygens (including phenoxy) is 2. The van der Waals surface area contributed by atoms with Gasteiger partial charge in [0.2, 0.25) is 5.91 Å². The number of fused-ring (bicyclic) bond motifs is 2. The van der Waals surface area contributed by atoms with Gasteiger partial charge in [-0.1, -0.05) is 24.3 Å². The first-order chi connectivity index (χ1) is 15.2. The molecular weight excluding hydrogens is 410 g/mol. The Balaban J connectivity index is 1.57. The van der Waals surface area contributed by atoms with E-state index < -0.39 is 0 Å². The molecule has 0 unspecified atom stereocenters. The van der Waals surface area contributed by atoms with E-state index in [1.165, 1.54) is 0 Å². The molecule has 2 aromatic heterocycles. The lowest BCUT2D eigenvalue weighted by atomic mass is 9.96. The van der Waals surface area contributed by atoms with Crippen LogP contribution < -0.4 is 10.1 Å². The van der Waals surface area contributed by atoms with Gasteiger partial charge in [-0.25, -0.2) is 0 Å². The average molecular weight is 432 g/mol. The molecule has 0 spiro atoms. The SMILES string of the molecule is COCCOc1ccccc1-c1nnc(-c2ccc3c(c2)CNC(=O)C3)c2ccsc12. The topological polar surface area (TPSA) is 73.3 Å². The van der Waals surface area contributed by atoms with E-state index in [1.54, 1.807) is 18.4 Å². The summed E-state index contributed by atoms with van der Waals surface area (Å²) in [5, 5.41) is 15.3. The fourth-order valence-electron chi connectivity index (χ4n) is 3.83. The van der Waals surface area contributed by atoms with Crippen molar-refractivity contribution in [3.05, 3.63) is 65.0 Å². The third-order valence-corrected chi connectivity index (χ3v) is 6.30. The Morgan fingerprint density at radius 2 is 1.90 bits per heavy atom. The molecule has 5 rings (SSSR count). The van der Waals surface area contributed by atoms with Crippen LogP contribution in [-0.2, 0) is 22.5 Å². The molecule has 2 aromatic carbocycles. The molecule has 0 atom stereocenters. The summed E-state index contributed by atoms with van der Waals surface area (Å²) in [6.45, 7) is 1.54. The van der Waals surface area contributed by atoms with Crippen LogP contribution in [0.25, 0.3) is 32.6 Å². The highest BCUT2D eigenvalue weighted by Crippen LogP contribution is 2.39. The lowest BCUT2D eigenvalue weighted by molar-refractivity contribution is -0.121. The number of benzene rings is 2. The smallest absolute Gasteiger partial charge is 0.224 e. The second-order valence-electron chi connectivity index (χ2n) is 7.34. The predicted molar refractivity (Wildman–Crippen MR) is 121 cm³/mol. The van der Waals surface area contributed by atoms with Crippen molar-refractivity contribution < 1.29 is 14.3 Å². The van der Waals surface area contributed by atoms with Gasteiger partial charge in [-0.05, 0) is 40.8 Å². The lowest BCUT2D eigenvalue weighted by Gasteiger charge is -2.17. The molecule has 0 fully saturated rings. The highest BCUT2D eigenvalue weighted by atomic mass is 32.1. The maximum absolute atomic E-state index is 11.7. The number of carbonyl (C=O) groups excluding carboxylic acids is 1. The molecule has 1 N–H and O–H groups in total. The number of methoxy groups -OCH3 is 1. The van der Waals surface area contributed by atoms with E-state index in [4.69, 9.17) is 9.47 Å². The van der Waals surface area contributed by atoms with Crippen LogP contribution in [-0.4, -0.2) is 36.4 Å². The molecule has 1 amide bonds. The molecule has 31 heavy (non-hydrogen) atoms. The average Bonchev–Trinajstić information content (AvgIpc) is 3.29. The fourth-order valence-corrected chi connectivity index (χ4v) is 4.72. The van der Waals surface area contributed by atoms with E-state index in [-0.39, 0.29) is 5.91 Å². The molecule has 0 saturated heterocycles. The first-order valence-electron chi connectivity index (χ1n) is 10.1. The minimum Gasteiger partial charge on any atom is -0.490 e. The zero-order chi connectivity index (χ0) is 21.2.